The fraction of sp³-hybridized carbons (Fsp3) is 0.278. The van der Waals surface area contributed by atoms with Crippen molar-refractivity contribution in [1.82, 2.24) is 10.2 Å². The summed E-state index contributed by atoms with van der Waals surface area (Å²) >= 11 is 0. The van der Waals surface area contributed by atoms with Crippen LogP contribution in [0.25, 0.3) is 0 Å². The van der Waals surface area contributed by atoms with Gasteiger partial charge in [0, 0.05) is 19.5 Å². The third-order valence-electron chi connectivity index (χ3n) is 7.76. The number of rotatable bonds is 12. The fourth-order valence-corrected chi connectivity index (χ4v) is 6.39. The average molecular weight is 612 g/mol. The van der Waals surface area contributed by atoms with Gasteiger partial charge in [0.2, 0.25) is 11.8 Å². The number of hydrogen-bond acceptors (Lipinski definition) is 4. The topological polar surface area (TPSA) is 86.8 Å². The summed E-state index contributed by atoms with van der Waals surface area (Å²) in [5.74, 6) is -0.775. The van der Waals surface area contributed by atoms with Gasteiger partial charge in [-0.25, -0.2) is 8.42 Å². The smallest absolute Gasteiger partial charge is 0.264 e. The van der Waals surface area contributed by atoms with Crippen LogP contribution in [0, 0.1) is 27.7 Å². The molecule has 0 heterocycles. The number of aryl methyl sites for hydroxylation is 4. The molecule has 0 bridgehead atoms. The van der Waals surface area contributed by atoms with Crippen molar-refractivity contribution in [2.24, 2.45) is 0 Å². The molecule has 0 aliphatic rings. The zero-order chi connectivity index (χ0) is 31.9. The highest BCUT2D eigenvalue weighted by molar-refractivity contribution is 7.92. The van der Waals surface area contributed by atoms with E-state index in [9.17, 15) is 18.0 Å². The van der Waals surface area contributed by atoms with E-state index in [2.05, 4.69) is 5.32 Å². The van der Waals surface area contributed by atoms with Gasteiger partial charge in [-0.2, -0.15) is 0 Å². The van der Waals surface area contributed by atoms with Crippen LogP contribution in [0.3, 0.4) is 0 Å². The summed E-state index contributed by atoms with van der Waals surface area (Å²) < 4.78 is 29.5. The normalized spacial score (nSPS) is 11.9. The number of carbonyl (C=O) groups is 2. The Morgan fingerprint density at radius 3 is 1.95 bits per heavy atom. The SMILES string of the molecule is CCNC(=O)C(Cc1ccccc1)N(Cc1ccc(C)cc1)C(=O)CN(c1ccc(C)c(C)c1)S(=O)(=O)c1ccc(C)cc1. The van der Waals surface area contributed by atoms with E-state index in [0.717, 1.165) is 37.7 Å². The van der Waals surface area contributed by atoms with Gasteiger partial charge in [-0.1, -0.05) is 83.9 Å². The van der Waals surface area contributed by atoms with Gasteiger partial charge in [-0.3, -0.25) is 13.9 Å². The van der Waals surface area contributed by atoms with Crippen LogP contribution in [-0.4, -0.2) is 44.3 Å². The number of hydrogen-bond donors (Lipinski definition) is 1. The Morgan fingerprint density at radius 1 is 0.750 bits per heavy atom. The van der Waals surface area contributed by atoms with Gasteiger partial charge >= 0.3 is 0 Å². The van der Waals surface area contributed by atoms with Crippen molar-refractivity contribution in [3.8, 4) is 0 Å². The van der Waals surface area contributed by atoms with E-state index in [-0.39, 0.29) is 23.8 Å². The fourth-order valence-electron chi connectivity index (χ4n) is 4.98. The van der Waals surface area contributed by atoms with Gasteiger partial charge in [-0.05, 0) is 81.1 Å². The molecule has 4 aromatic rings. The quantitative estimate of drug-likeness (QED) is 0.216. The predicted molar refractivity (Wildman–Crippen MR) is 176 cm³/mol. The highest BCUT2D eigenvalue weighted by Gasteiger charge is 2.34. The maximum atomic E-state index is 14.5. The molecule has 0 spiro atoms. The van der Waals surface area contributed by atoms with E-state index in [1.165, 1.54) is 4.90 Å². The Hall–Kier alpha value is -4.43. The van der Waals surface area contributed by atoms with Gasteiger partial charge < -0.3 is 10.2 Å². The second-order valence-corrected chi connectivity index (χ2v) is 13.1. The summed E-state index contributed by atoms with van der Waals surface area (Å²) in [4.78, 5) is 29.7. The molecule has 0 saturated carbocycles. The molecule has 1 atom stereocenters. The molecule has 230 valence electrons. The maximum Gasteiger partial charge on any atom is 0.264 e. The molecule has 1 unspecified atom stereocenters. The third kappa shape index (κ3) is 7.94. The summed E-state index contributed by atoms with van der Waals surface area (Å²) in [5, 5.41) is 2.89. The van der Waals surface area contributed by atoms with Crippen molar-refractivity contribution in [2.75, 3.05) is 17.4 Å². The monoisotopic (exact) mass is 611 g/mol. The van der Waals surface area contributed by atoms with E-state index in [1.807, 2.05) is 95.3 Å². The van der Waals surface area contributed by atoms with Gasteiger partial charge in [-0.15, -0.1) is 0 Å². The van der Waals surface area contributed by atoms with Crippen molar-refractivity contribution in [3.63, 3.8) is 0 Å². The Labute approximate surface area is 261 Å². The van der Waals surface area contributed by atoms with Gasteiger partial charge in [0.1, 0.15) is 12.6 Å². The van der Waals surface area contributed by atoms with E-state index in [1.54, 1.807) is 36.4 Å². The lowest BCUT2D eigenvalue weighted by atomic mass is 10.0. The summed E-state index contributed by atoms with van der Waals surface area (Å²) in [6.45, 7) is 9.62. The Balaban J connectivity index is 1.81. The van der Waals surface area contributed by atoms with Crippen LogP contribution >= 0.6 is 0 Å². The highest BCUT2D eigenvalue weighted by Crippen LogP contribution is 2.27. The minimum Gasteiger partial charge on any atom is -0.355 e. The molecule has 0 aliphatic heterocycles. The molecule has 0 aliphatic carbocycles. The van der Waals surface area contributed by atoms with Crippen LogP contribution in [-0.2, 0) is 32.6 Å². The number of likely N-dealkylation sites (N-methyl/N-ethyl adjacent to an activating group) is 1. The molecule has 2 amide bonds. The molecule has 0 aromatic heterocycles. The number of amides is 2. The first-order valence-corrected chi connectivity index (χ1v) is 16.3. The molecule has 0 radical (unpaired) electrons. The number of nitrogens with one attached hydrogen (secondary N) is 1. The zero-order valence-electron chi connectivity index (χ0n) is 26.1. The van der Waals surface area contributed by atoms with E-state index in [0.29, 0.717) is 12.2 Å². The maximum absolute atomic E-state index is 14.5. The van der Waals surface area contributed by atoms with Crippen molar-refractivity contribution >= 4 is 27.5 Å². The summed E-state index contributed by atoms with van der Waals surface area (Å²) in [6, 6.07) is 28.4. The number of anilines is 1. The number of carbonyl (C=O) groups excluding carboxylic acids is 2. The molecule has 44 heavy (non-hydrogen) atoms. The van der Waals surface area contributed by atoms with Crippen molar-refractivity contribution in [3.05, 3.63) is 130 Å². The number of benzene rings is 4. The first kappa shape index (κ1) is 32.5. The first-order valence-electron chi connectivity index (χ1n) is 14.8. The minimum absolute atomic E-state index is 0.0868. The molecule has 0 saturated heterocycles. The van der Waals surface area contributed by atoms with Crippen LogP contribution in [0.1, 0.15) is 40.3 Å². The summed E-state index contributed by atoms with van der Waals surface area (Å²) in [5.41, 5.74) is 6.02. The van der Waals surface area contributed by atoms with Gasteiger partial charge in [0.25, 0.3) is 10.0 Å². The molecular weight excluding hydrogens is 570 g/mol. The van der Waals surface area contributed by atoms with Crippen molar-refractivity contribution < 1.29 is 18.0 Å². The number of nitrogens with zero attached hydrogens (tertiary/aromatic N) is 2. The van der Waals surface area contributed by atoms with E-state index in [4.69, 9.17) is 0 Å². The lowest BCUT2D eigenvalue weighted by molar-refractivity contribution is -0.140. The van der Waals surface area contributed by atoms with Crippen LogP contribution in [0.15, 0.2) is 102 Å². The molecular formula is C36H41N3O4S. The second kappa shape index (κ2) is 14.4. The lowest BCUT2D eigenvalue weighted by Crippen LogP contribution is -2.53. The molecule has 0 fully saturated rings. The Kier molecular flexibility index (Phi) is 10.6. The number of sulfonamides is 1. The summed E-state index contributed by atoms with van der Waals surface area (Å²) in [6.07, 6.45) is 0.276. The van der Waals surface area contributed by atoms with Gasteiger partial charge in [0.15, 0.2) is 0 Å². The standard InChI is InChI=1S/C36H41N3O4S/c1-6-37-36(41)34(23-30-10-8-7-9-11-30)38(24-31-17-12-26(2)13-18-31)35(40)25-39(32-19-16-28(4)29(5)22-32)44(42,43)33-20-14-27(3)15-21-33/h7-22,34H,6,23-25H2,1-5H3,(H,37,41). The molecule has 1 N–H and O–H groups in total. The highest BCUT2D eigenvalue weighted by atomic mass is 32.2. The molecule has 7 nitrogen and oxygen atoms in total. The van der Waals surface area contributed by atoms with Crippen LogP contribution in [0.4, 0.5) is 5.69 Å². The molecule has 8 heteroatoms. The van der Waals surface area contributed by atoms with E-state index < -0.39 is 28.5 Å². The van der Waals surface area contributed by atoms with Gasteiger partial charge in [0.05, 0.1) is 10.6 Å². The largest absolute Gasteiger partial charge is 0.355 e. The third-order valence-corrected chi connectivity index (χ3v) is 9.55. The van der Waals surface area contributed by atoms with E-state index >= 15 is 0 Å². The Morgan fingerprint density at radius 2 is 1.36 bits per heavy atom. The second-order valence-electron chi connectivity index (χ2n) is 11.2. The molecule has 4 aromatic carbocycles. The zero-order valence-corrected chi connectivity index (χ0v) is 26.9. The lowest BCUT2D eigenvalue weighted by Gasteiger charge is -2.34. The van der Waals surface area contributed by atoms with Crippen molar-refractivity contribution in [1.29, 1.82) is 0 Å². The van der Waals surface area contributed by atoms with Crippen LogP contribution < -0.4 is 9.62 Å². The van der Waals surface area contributed by atoms with Crippen LogP contribution in [0.2, 0.25) is 0 Å². The predicted octanol–water partition coefficient (Wildman–Crippen LogP) is 5.89. The minimum atomic E-state index is -4.14. The molecule has 4 rings (SSSR count). The van der Waals surface area contributed by atoms with Crippen LogP contribution in [0.5, 0.6) is 0 Å². The first-order chi connectivity index (χ1) is 21.0. The summed E-state index contributed by atoms with van der Waals surface area (Å²) in [7, 11) is -4.14. The Bertz CT molecular complexity index is 1690. The average Bonchev–Trinajstić information content (AvgIpc) is 3.00. The van der Waals surface area contributed by atoms with Crippen molar-refractivity contribution in [2.45, 2.75) is 58.5 Å².